The molecule has 3 rings (SSSR count). The molecule has 3 aromatic rings. The van der Waals surface area contributed by atoms with Gasteiger partial charge in [0, 0.05) is 11.9 Å². The molecule has 0 N–H and O–H groups in total. The van der Waals surface area contributed by atoms with Crippen LogP contribution in [0.3, 0.4) is 0 Å². The highest BCUT2D eigenvalue weighted by molar-refractivity contribution is 6.48. The molecule has 0 bridgehead atoms. The Labute approximate surface area is 120 Å². The van der Waals surface area contributed by atoms with Gasteiger partial charge in [-0.25, -0.2) is 9.97 Å². The van der Waals surface area contributed by atoms with Crippen molar-refractivity contribution in [2.24, 2.45) is 0 Å². The number of nitrogens with zero attached hydrogens (tertiary/aromatic N) is 3. The first kappa shape index (κ1) is 13.1. The minimum atomic E-state index is -0.668. The average molecular weight is 277 g/mol. The van der Waals surface area contributed by atoms with Gasteiger partial charge in [-0.1, -0.05) is 6.07 Å². The number of pyridine rings is 3. The second-order valence-corrected chi connectivity index (χ2v) is 4.56. The summed E-state index contributed by atoms with van der Waals surface area (Å²) in [5.74, 6) is -1.33. The maximum Gasteiger partial charge on any atom is 0.253 e. The second kappa shape index (κ2) is 5.20. The maximum absolute atomic E-state index is 12.2. The molecule has 5 heteroatoms. The van der Waals surface area contributed by atoms with E-state index in [2.05, 4.69) is 15.0 Å². The molecule has 5 nitrogen and oxygen atoms in total. The van der Waals surface area contributed by atoms with Crippen LogP contribution in [0.5, 0.6) is 0 Å². The summed E-state index contributed by atoms with van der Waals surface area (Å²) >= 11 is 0. The number of fused-ring (bicyclic) bond motifs is 1. The number of carbonyl (C=O) groups excluding carboxylic acids is 2. The lowest BCUT2D eigenvalue weighted by molar-refractivity contribution is 0.0811. The number of rotatable bonds is 3. The van der Waals surface area contributed by atoms with Crippen LogP contribution in [0.2, 0.25) is 0 Å². The SMILES string of the molecule is Cc1cccc(C(=O)C(=O)c2ccc3ncccc3n2)n1. The Bertz CT molecular complexity index is 859. The zero-order valence-corrected chi connectivity index (χ0v) is 11.3. The minimum absolute atomic E-state index is 0.101. The minimum Gasteiger partial charge on any atom is -0.283 e. The first-order valence-corrected chi connectivity index (χ1v) is 6.39. The molecule has 0 amide bonds. The summed E-state index contributed by atoms with van der Waals surface area (Å²) in [6.07, 6.45) is 1.65. The van der Waals surface area contributed by atoms with Gasteiger partial charge in [-0.15, -0.1) is 0 Å². The summed E-state index contributed by atoms with van der Waals surface area (Å²) in [6, 6.07) is 11.6. The first-order chi connectivity index (χ1) is 10.1. The maximum atomic E-state index is 12.2. The summed E-state index contributed by atoms with van der Waals surface area (Å²) in [7, 11) is 0. The highest BCUT2D eigenvalue weighted by atomic mass is 16.2. The summed E-state index contributed by atoms with van der Waals surface area (Å²) < 4.78 is 0. The molecule has 0 aliphatic heterocycles. The molecule has 0 spiro atoms. The smallest absolute Gasteiger partial charge is 0.253 e. The van der Waals surface area contributed by atoms with Gasteiger partial charge in [0.1, 0.15) is 11.4 Å². The lowest BCUT2D eigenvalue weighted by Crippen LogP contribution is -2.17. The number of carbonyl (C=O) groups is 2. The van der Waals surface area contributed by atoms with Crippen molar-refractivity contribution in [3.05, 3.63) is 65.7 Å². The molecule has 0 aromatic carbocycles. The molecular formula is C16H11N3O2. The zero-order valence-electron chi connectivity index (χ0n) is 11.3. The summed E-state index contributed by atoms with van der Waals surface area (Å²) in [5.41, 5.74) is 2.17. The van der Waals surface area contributed by atoms with Crippen molar-refractivity contribution in [3.8, 4) is 0 Å². The Hall–Kier alpha value is -2.95. The largest absolute Gasteiger partial charge is 0.283 e. The Kier molecular flexibility index (Phi) is 3.23. The van der Waals surface area contributed by atoms with E-state index in [9.17, 15) is 9.59 Å². The van der Waals surface area contributed by atoms with E-state index in [0.717, 1.165) is 0 Å². The third-order valence-electron chi connectivity index (χ3n) is 3.02. The standard InChI is InChI=1S/C16H11N3O2/c1-10-4-2-5-13(18-10)15(20)16(21)14-8-7-11-12(19-14)6-3-9-17-11/h2-9H,1H3. The Morgan fingerprint density at radius 1 is 0.810 bits per heavy atom. The highest BCUT2D eigenvalue weighted by Gasteiger charge is 2.21. The normalized spacial score (nSPS) is 10.5. The summed E-state index contributed by atoms with van der Waals surface area (Å²) in [5, 5.41) is 0. The Morgan fingerprint density at radius 2 is 1.57 bits per heavy atom. The third-order valence-corrected chi connectivity index (χ3v) is 3.02. The van der Waals surface area contributed by atoms with Crippen LogP contribution in [0.15, 0.2) is 48.7 Å². The molecule has 0 fully saturated rings. The van der Waals surface area contributed by atoms with Crippen LogP contribution in [-0.2, 0) is 0 Å². The fourth-order valence-corrected chi connectivity index (χ4v) is 1.99. The predicted octanol–water partition coefficient (Wildman–Crippen LogP) is 2.40. The van der Waals surface area contributed by atoms with Crippen LogP contribution >= 0.6 is 0 Å². The van der Waals surface area contributed by atoms with Gasteiger partial charge in [0.25, 0.3) is 11.6 Å². The van der Waals surface area contributed by atoms with E-state index in [0.29, 0.717) is 16.7 Å². The Balaban J connectivity index is 1.98. The van der Waals surface area contributed by atoms with Gasteiger partial charge in [0.15, 0.2) is 0 Å². The van der Waals surface area contributed by atoms with E-state index in [4.69, 9.17) is 0 Å². The van der Waals surface area contributed by atoms with Gasteiger partial charge in [-0.2, -0.15) is 0 Å². The van der Waals surface area contributed by atoms with Crippen molar-refractivity contribution in [3.63, 3.8) is 0 Å². The number of ketones is 2. The quantitative estimate of drug-likeness (QED) is 0.543. The highest BCUT2D eigenvalue weighted by Crippen LogP contribution is 2.11. The van der Waals surface area contributed by atoms with Crippen LogP contribution in [0.1, 0.15) is 26.7 Å². The molecule has 0 saturated heterocycles. The fraction of sp³-hybridized carbons (Fsp3) is 0.0625. The van der Waals surface area contributed by atoms with Crippen molar-refractivity contribution in [1.29, 1.82) is 0 Å². The zero-order chi connectivity index (χ0) is 14.8. The van der Waals surface area contributed by atoms with Crippen LogP contribution in [0.4, 0.5) is 0 Å². The van der Waals surface area contributed by atoms with E-state index in [1.54, 1.807) is 43.5 Å². The fourth-order valence-electron chi connectivity index (χ4n) is 1.99. The van der Waals surface area contributed by atoms with Crippen molar-refractivity contribution in [1.82, 2.24) is 15.0 Å². The molecule has 0 aliphatic carbocycles. The molecular weight excluding hydrogens is 266 g/mol. The average Bonchev–Trinajstić information content (AvgIpc) is 2.53. The number of hydrogen-bond donors (Lipinski definition) is 0. The molecule has 0 unspecified atom stereocenters. The topological polar surface area (TPSA) is 72.8 Å². The number of aromatic nitrogens is 3. The van der Waals surface area contributed by atoms with E-state index in [-0.39, 0.29) is 11.4 Å². The van der Waals surface area contributed by atoms with E-state index >= 15 is 0 Å². The molecule has 3 aromatic heterocycles. The molecule has 0 aliphatic rings. The number of aryl methyl sites for hydroxylation is 1. The molecule has 21 heavy (non-hydrogen) atoms. The van der Waals surface area contributed by atoms with Gasteiger partial charge in [-0.05, 0) is 43.3 Å². The van der Waals surface area contributed by atoms with E-state index < -0.39 is 11.6 Å². The number of hydrogen-bond acceptors (Lipinski definition) is 5. The number of Topliss-reactive ketones (excluding diaryl/α,β-unsaturated/α-hetero) is 2. The van der Waals surface area contributed by atoms with Crippen molar-refractivity contribution in [2.45, 2.75) is 6.92 Å². The van der Waals surface area contributed by atoms with Gasteiger partial charge in [0.05, 0.1) is 11.0 Å². The van der Waals surface area contributed by atoms with Crippen LogP contribution in [0, 0.1) is 6.92 Å². The monoisotopic (exact) mass is 277 g/mol. The molecule has 0 atom stereocenters. The van der Waals surface area contributed by atoms with Gasteiger partial charge >= 0.3 is 0 Å². The van der Waals surface area contributed by atoms with Crippen LogP contribution < -0.4 is 0 Å². The second-order valence-electron chi connectivity index (χ2n) is 4.56. The van der Waals surface area contributed by atoms with E-state index in [1.807, 2.05) is 0 Å². The lowest BCUT2D eigenvalue weighted by atomic mass is 10.1. The lowest BCUT2D eigenvalue weighted by Gasteiger charge is -2.02. The van der Waals surface area contributed by atoms with Crippen molar-refractivity contribution >= 4 is 22.6 Å². The Morgan fingerprint density at radius 3 is 2.33 bits per heavy atom. The van der Waals surface area contributed by atoms with Crippen LogP contribution in [-0.4, -0.2) is 26.5 Å². The summed E-state index contributed by atoms with van der Waals surface area (Å²) in [6.45, 7) is 1.77. The molecule has 0 radical (unpaired) electrons. The van der Waals surface area contributed by atoms with Crippen LogP contribution in [0.25, 0.3) is 11.0 Å². The molecule has 3 heterocycles. The van der Waals surface area contributed by atoms with E-state index in [1.165, 1.54) is 12.1 Å². The van der Waals surface area contributed by atoms with Gasteiger partial charge < -0.3 is 0 Å². The first-order valence-electron chi connectivity index (χ1n) is 6.39. The van der Waals surface area contributed by atoms with Gasteiger partial charge in [-0.3, -0.25) is 14.6 Å². The van der Waals surface area contributed by atoms with Crippen molar-refractivity contribution < 1.29 is 9.59 Å². The summed E-state index contributed by atoms with van der Waals surface area (Å²) in [4.78, 5) is 36.8. The van der Waals surface area contributed by atoms with Crippen molar-refractivity contribution in [2.75, 3.05) is 0 Å². The molecule has 0 saturated carbocycles. The molecule has 102 valence electrons. The third kappa shape index (κ3) is 2.53. The van der Waals surface area contributed by atoms with Gasteiger partial charge in [0.2, 0.25) is 0 Å². The predicted molar refractivity (Wildman–Crippen MR) is 77.2 cm³/mol.